The van der Waals surface area contributed by atoms with E-state index in [-0.39, 0.29) is 10.9 Å². The minimum absolute atomic E-state index is 0.166. The molecule has 0 fully saturated rings. The first kappa shape index (κ1) is 14.4. The van der Waals surface area contributed by atoms with Crippen molar-refractivity contribution in [3.05, 3.63) is 29.3 Å². The first-order chi connectivity index (χ1) is 7.99. The van der Waals surface area contributed by atoms with E-state index in [4.69, 9.17) is 16.3 Å². The van der Waals surface area contributed by atoms with Gasteiger partial charge in [0.05, 0.1) is 11.5 Å². The number of hydrogen-bond donors (Lipinski definition) is 1. The third-order valence-electron chi connectivity index (χ3n) is 2.29. The van der Waals surface area contributed by atoms with Gasteiger partial charge in [-0.1, -0.05) is 24.6 Å². The van der Waals surface area contributed by atoms with Crippen LogP contribution in [0.4, 0.5) is 0 Å². The molecule has 0 radical (unpaired) electrons. The van der Waals surface area contributed by atoms with E-state index in [2.05, 4.69) is 4.72 Å². The third kappa shape index (κ3) is 4.27. The van der Waals surface area contributed by atoms with E-state index in [0.717, 1.165) is 0 Å². The molecule has 0 spiro atoms. The number of nitrogens with one attached hydrogen (secondary N) is 1. The Labute approximate surface area is 107 Å². The van der Waals surface area contributed by atoms with E-state index >= 15 is 0 Å². The lowest BCUT2D eigenvalue weighted by Gasteiger charge is -2.16. The summed E-state index contributed by atoms with van der Waals surface area (Å²) in [4.78, 5) is 0.166. The monoisotopic (exact) mass is 277 g/mol. The van der Waals surface area contributed by atoms with E-state index in [9.17, 15) is 8.42 Å². The van der Waals surface area contributed by atoms with Crippen molar-refractivity contribution in [3.63, 3.8) is 0 Å². The van der Waals surface area contributed by atoms with Gasteiger partial charge in [-0.15, -0.1) is 0 Å². The van der Waals surface area contributed by atoms with Gasteiger partial charge in [0, 0.05) is 18.2 Å². The molecule has 0 aliphatic rings. The Morgan fingerprint density at radius 3 is 2.71 bits per heavy atom. The molecule has 0 saturated carbocycles. The lowest BCUT2D eigenvalue weighted by atomic mass is 10.3. The quantitative estimate of drug-likeness (QED) is 0.866. The molecule has 1 N–H and O–H groups in total. The number of ether oxygens (including phenoxy) is 1. The molecule has 1 atom stereocenters. The molecule has 4 nitrogen and oxygen atoms in total. The summed E-state index contributed by atoms with van der Waals surface area (Å²) in [6.45, 7) is 2.24. The third-order valence-corrected chi connectivity index (χ3v) is 4.04. The molecule has 0 saturated heterocycles. The van der Waals surface area contributed by atoms with Crippen molar-refractivity contribution in [2.24, 2.45) is 0 Å². The van der Waals surface area contributed by atoms with Crippen LogP contribution in [0.1, 0.15) is 13.3 Å². The van der Waals surface area contributed by atoms with Gasteiger partial charge < -0.3 is 4.74 Å². The molecule has 0 aromatic heterocycles. The molecule has 0 amide bonds. The lowest BCUT2D eigenvalue weighted by molar-refractivity contribution is 0.173. The summed E-state index contributed by atoms with van der Waals surface area (Å²) in [6, 6.07) is 5.93. The minimum Gasteiger partial charge on any atom is -0.383 e. The molecular formula is C11H16ClNO3S. The van der Waals surface area contributed by atoms with Gasteiger partial charge in [0.25, 0.3) is 0 Å². The maximum absolute atomic E-state index is 12.0. The maximum atomic E-state index is 12.0. The van der Waals surface area contributed by atoms with Gasteiger partial charge in [-0.25, -0.2) is 13.1 Å². The van der Waals surface area contributed by atoms with E-state index < -0.39 is 10.0 Å². The first-order valence-corrected chi connectivity index (χ1v) is 7.12. The second-order valence-electron chi connectivity index (χ2n) is 3.64. The standard InChI is InChI=1S/C11H16ClNO3S/c1-3-10(8-16-2)13-17(14,15)11-6-4-5-9(12)7-11/h4-7,10,13H,3,8H2,1-2H3. The molecule has 0 aliphatic heterocycles. The van der Waals surface area contributed by atoms with Crippen molar-refractivity contribution in [1.29, 1.82) is 0 Å². The van der Waals surface area contributed by atoms with Gasteiger partial charge in [-0.2, -0.15) is 0 Å². The van der Waals surface area contributed by atoms with E-state index in [1.165, 1.54) is 19.2 Å². The van der Waals surface area contributed by atoms with Crippen LogP contribution >= 0.6 is 11.6 Å². The van der Waals surface area contributed by atoms with Crippen LogP contribution in [0.15, 0.2) is 29.2 Å². The highest BCUT2D eigenvalue weighted by molar-refractivity contribution is 7.89. The molecule has 1 aromatic rings. The molecular weight excluding hydrogens is 262 g/mol. The van der Waals surface area contributed by atoms with Gasteiger partial charge in [0.2, 0.25) is 10.0 Å². The minimum atomic E-state index is -3.53. The number of halogens is 1. The Morgan fingerprint density at radius 1 is 1.47 bits per heavy atom. The number of hydrogen-bond acceptors (Lipinski definition) is 3. The fourth-order valence-corrected chi connectivity index (χ4v) is 2.96. The van der Waals surface area contributed by atoms with Crippen molar-refractivity contribution in [3.8, 4) is 0 Å². The predicted molar refractivity (Wildman–Crippen MR) is 67.7 cm³/mol. The number of benzene rings is 1. The van der Waals surface area contributed by atoms with Crippen LogP contribution in [0.3, 0.4) is 0 Å². The van der Waals surface area contributed by atoms with Crippen molar-refractivity contribution >= 4 is 21.6 Å². The van der Waals surface area contributed by atoms with Crippen molar-refractivity contribution in [1.82, 2.24) is 4.72 Å². The van der Waals surface area contributed by atoms with Crippen molar-refractivity contribution in [2.45, 2.75) is 24.3 Å². The van der Waals surface area contributed by atoms with Crippen molar-refractivity contribution < 1.29 is 13.2 Å². The molecule has 1 aromatic carbocycles. The SMILES string of the molecule is CCC(COC)NS(=O)(=O)c1cccc(Cl)c1. The van der Waals surface area contributed by atoms with Crippen LogP contribution in [0.2, 0.25) is 5.02 Å². The summed E-state index contributed by atoms with van der Waals surface area (Å²) in [7, 11) is -1.99. The summed E-state index contributed by atoms with van der Waals surface area (Å²) >= 11 is 5.77. The summed E-state index contributed by atoms with van der Waals surface area (Å²) < 4.78 is 31.5. The molecule has 1 rings (SSSR count). The number of methoxy groups -OCH3 is 1. The first-order valence-electron chi connectivity index (χ1n) is 5.26. The number of sulfonamides is 1. The van der Waals surface area contributed by atoms with Crippen molar-refractivity contribution in [2.75, 3.05) is 13.7 Å². The smallest absolute Gasteiger partial charge is 0.240 e. The molecule has 0 bridgehead atoms. The van der Waals surface area contributed by atoms with Crippen LogP contribution in [0, 0.1) is 0 Å². The van der Waals surface area contributed by atoms with Crippen LogP contribution in [0.5, 0.6) is 0 Å². The van der Waals surface area contributed by atoms with E-state index in [1.54, 1.807) is 12.1 Å². The molecule has 17 heavy (non-hydrogen) atoms. The van der Waals surface area contributed by atoms with Gasteiger partial charge in [0.15, 0.2) is 0 Å². The molecule has 0 aliphatic carbocycles. The summed E-state index contributed by atoms with van der Waals surface area (Å²) in [6.07, 6.45) is 0.660. The Balaban J connectivity index is 2.88. The zero-order valence-electron chi connectivity index (χ0n) is 9.81. The highest BCUT2D eigenvalue weighted by atomic mass is 35.5. The van der Waals surface area contributed by atoms with Crippen LogP contribution in [-0.4, -0.2) is 28.2 Å². The van der Waals surface area contributed by atoms with E-state index in [0.29, 0.717) is 18.1 Å². The topological polar surface area (TPSA) is 55.4 Å². The summed E-state index contributed by atoms with van der Waals surface area (Å²) in [5.41, 5.74) is 0. The molecule has 0 heterocycles. The van der Waals surface area contributed by atoms with Crippen LogP contribution < -0.4 is 4.72 Å². The predicted octanol–water partition coefficient (Wildman–Crippen LogP) is 2.04. The average molecular weight is 278 g/mol. The highest BCUT2D eigenvalue weighted by Crippen LogP contribution is 2.15. The maximum Gasteiger partial charge on any atom is 0.240 e. The summed E-state index contributed by atoms with van der Waals surface area (Å²) in [5.74, 6) is 0. The average Bonchev–Trinajstić information content (AvgIpc) is 2.28. The molecule has 1 unspecified atom stereocenters. The normalized spacial score (nSPS) is 13.6. The lowest BCUT2D eigenvalue weighted by Crippen LogP contribution is -2.37. The Kier molecular flexibility index (Phi) is 5.39. The highest BCUT2D eigenvalue weighted by Gasteiger charge is 2.18. The zero-order chi connectivity index (χ0) is 12.9. The largest absolute Gasteiger partial charge is 0.383 e. The second-order valence-corrected chi connectivity index (χ2v) is 5.79. The molecule has 6 heteroatoms. The molecule has 96 valence electrons. The van der Waals surface area contributed by atoms with Gasteiger partial charge in [-0.3, -0.25) is 0 Å². The second kappa shape index (κ2) is 6.35. The zero-order valence-corrected chi connectivity index (χ0v) is 11.4. The summed E-state index contributed by atoms with van der Waals surface area (Å²) in [5, 5.41) is 0.396. The Bertz CT molecular complexity index is 462. The number of rotatable bonds is 6. The Morgan fingerprint density at radius 2 is 2.18 bits per heavy atom. The Hall–Kier alpha value is -0.620. The fraction of sp³-hybridized carbons (Fsp3) is 0.455. The van der Waals surface area contributed by atoms with Gasteiger partial charge in [0.1, 0.15) is 0 Å². The van der Waals surface area contributed by atoms with Gasteiger partial charge in [-0.05, 0) is 24.6 Å². The van der Waals surface area contributed by atoms with Crippen LogP contribution in [-0.2, 0) is 14.8 Å². The van der Waals surface area contributed by atoms with E-state index in [1.807, 2.05) is 6.92 Å². The fourth-order valence-electron chi connectivity index (χ4n) is 1.36. The van der Waals surface area contributed by atoms with Crippen LogP contribution in [0.25, 0.3) is 0 Å². The van der Waals surface area contributed by atoms with Gasteiger partial charge >= 0.3 is 0 Å².